The topological polar surface area (TPSA) is 66.4 Å². The van der Waals surface area contributed by atoms with Crippen molar-refractivity contribution < 1.29 is 13.5 Å². The number of nitrogens with one attached hydrogen (secondary N) is 1. The van der Waals surface area contributed by atoms with Crippen molar-refractivity contribution >= 4 is 10.0 Å². The Morgan fingerprint density at radius 2 is 2.00 bits per heavy atom. The molecule has 0 atom stereocenters. The summed E-state index contributed by atoms with van der Waals surface area (Å²) in [5, 5.41) is 8.63. The van der Waals surface area contributed by atoms with Crippen LogP contribution in [0.1, 0.15) is 31.9 Å². The van der Waals surface area contributed by atoms with Crippen molar-refractivity contribution in [2.45, 2.75) is 32.1 Å². The van der Waals surface area contributed by atoms with E-state index in [-0.39, 0.29) is 13.2 Å². The number of aliphatic hydroxyl groups excluding tert-OH is 1. The second-order valence-electron chi connectivity index (χ2n) is 5.10. The quantitative estimate of drug-likeness (QED) is 0.819. The highest BCUT2D eigenvalue weighted by molar-refractivity contribution is 7.90. The van der Waals surface area contributed by atoms with Crippen LogP contribution < -0.4 is 4.72 Å². The highest BCUT2D eigenvalue weighted by Gasteiger charge is 2.28. The SMILES string of the molecule is CC(C)(C)S(=O)(=O)NCc1cccc(C#CCO)c1. The van der Waals surface area contributed by atoms with Crippen LogP contribution >= 0.6 is 0 Å². The molecule has 0 saturated heterocycles. The lowest BCUT2D eigenvalue weighted by atomic mass is 10.1. The number of hydrogen-bond donors (Lipinski definition) is 2. The van der Waals surface area contributed by atoms with Gasteiger partial charge in [0.1, 0.15) is 6.61 Å². The smallest absolute Gasteiger partial charge is 0.216 e. The Hall–Kier alpha value is -1.35. The largest absolute Gasteiger partial charge is 0.384 e. The van der Waals surface area contributed by atoms with E-state index in [1.807, 2.05) is 18.2 Å². The molecule has 0 heterocycles. The summed E-state index contributed by atoms with van der Waals surface area (Å²) in [6.45, 7) is 4.99. The zero-order chi connectivity index (χ0) is 14.5. The van der Waals surface area contributed by atoms with Gasteiger partial charge in [0.2, 0.25) is 10.0 Å². The first-order valence-electron chi connectivity index (χ1n) is 5.94. The molecular formula is C14H19NO3S. The standard InChI is InChI=1S/C14H19NO3S/c1-14(2,3)19(17,18)15-11-13-7-4-6-12(10-13)8-5-9-16/h4,6-7,10,15-16H,9,11H2,1-3H3. The van der Waals surface area contributed by atoms with Crippen molar-refractivity contribution in [1.29, 1.82) is 0 Å². The second-order valence-corrected chi connectivity index (χ2v) is 7.62. The summed E-state index contributed by atoms with van der Waals surface area (Å²) in [5.41, 5.74) is 1.58. The number of rotatable bonds is 3. The van der Waals surface area contributed by atoms with Gasteiger partial charge in [-0.1, -0.05) is 24.0 Å². The molecule has 0 fully saturated rings. The first-order valence-corrected chi connectivity index (χ1v) is 7.42. The van der Waals surface area contributed by atoms with Crippen LogP contribution in [0.2, 0.25) is 0 Å². The van der Waals surface area contributed by atoms with E-state index in [0.29, 0.717) is 0 Å². The van der Waals surface area contributed by atoms with Gasteiger partial charge in [-0.3, -0.25) is 0 Å². The minimum Gasteiger partial charge on any atom is -0.384 e. The van der Waals surface area contributed by atoms with E-state index in [1.54, 1.807) is 26.8 Å². The average molecular weight is 281 g/mol. The Morgan fingerprint density at radius 1 is 1.32 bits per heavy atom. The molecular weight excluding hydrogens is 262 g/mol. The third-order valence-corrected chi connectivity index (χ3v) is 4.65. The van der Waals surface area contributed by atoms with Crippen LogP contribution in [0.4, 0.5) is 0 Å². The molecule has 1 aromatic carbocycles. The van der Waals surface area contributed by atoms with E-state index in [0.717, 1.165) is 11.1 Å². The number of benzene rings is 1. The maximum absolute atomic E-state index is 11.9. The molecule has 0 spiro atoms. The van der Waals surface area contributed by atoms with E-state index >= 15 is 0 Å². The molecule has 0 aliphatic rings. The van der Waals surface area contributed by atoms with Crippen molar-refractivity contribution in [3.05, 3.63) is 35.4 Å². The fourth-order valence-corrected chi connectivity index (χ4v) is 2.09. The lowest BCUT2D eigenvalue weighted by Crippen LogP contribution is -2.38. The Bertz CT molecular complexity index is 589. The van der Waals surface area contributed by atoms with Crippen molar-refractivity contribution in [3.63, 3.8) is 0 Å². The molecule has 1 aromatic rings. The van der Waals surface area contributed by atoms with Crippen LogP contribution in [0.15, 0.2) is 24.3 Å². The zero-order valence-electron chi connectivity index (χ0n) is 11.4. The lowest BCUT2D eigenvalue weighted by Gasteiger charge is -2.19. The fraction of sp³-hybridized carbons (Fsp3) is 0.429. The van der Waals surface area contributed by atoms with Gasteiger partial charge in [0.25, 0.3) is 0 Å². The number of sulfonamides is 1. The summed E-state index contributed by atoms with van der Waals surface area (Å²) in [4.78, 5) is 0. The van der Waals surface area contributed by atoms with Crippen LogP contribution in [-0.4, -0.2) is 24.9 Å². The molecule has 19 heavy (non-hydrogen) atoms. The molecule has 5 heteroatoms. The minimum atomic E-state index is -3.35. The first kappa shape index (κ1) is 15.7. The van der Waals surface area contributed by atoms with Gasteiger partial charge in [0.15, 0.2) is 0 Å². The van der Waals surface area contributed by atoms with E-state index < -0.39 is 14.8 Å². The van der Waals surface area contributed by atoms with Crippen LogP contribution in [0.25, 0.3) is 0 Å². The Morgan fingerprint density at radius 3 is 2.58 bits per heavy atom. The van der Waals surface area contributed by atoms with Gasteiger partial charge >= 0.3 is 0 Å². The number of hydrogen-bond acceptors (Lipinski definition) is 3. The molecule has 104 valence electrons. The zero-order valence-corrected chi connectivity index (χ0v) is 12.2. The normalized spacial score (nSPS) is 11.8. The van der Waals surface area contributed by atoms with Gasteiger partial charge < -0.3 is 5.11 Å². The van der Waals surface area contributed by atoms with Crippen LogP contribution in [0, 0.1) is 11.8 Å². The molecule has 4 nitrogen and oxygen atoms in total. The predicted octanol–water partition coefficient (Wildman–Crippen LogP) is 1.25. The monoisotopic (exact) mass is 281 g/mol. The van der Waals surface area contributed by atoms with Gasteiger partial charge in [0, 0.05) is 12.1 Å². The van der Waals surface area contributed by atoms with E-state index in [1.165, 1.54) is 0 Å². The molecule has 1 rings (SSSR count). The maximum Gasteiger partial charge on any atom is 0.216 e. The Balaban J connectivity index is 2.80. The molecule has 0 amide bonds. The summed E-state index contributed by atoms with van der Waals surface area (Å²) < 4.78 is 25.6. The van der Waals surface area contributed by atoms with Gasteiger partial charge in [-0.2, -0.15) is 0 Å². The van der Waals surface area contributed by atoms with Crippen LogP contribution in [0.5, 0.6) is 0 Å². The second kappa shape index (κ2) is 6.20. The summed E-state index contributed by atoms with van der Waals surface area (Å²) in [6, 6.07) is 7.25. The van der Waals surface area contributed by atoms with Crippen LogP contribution in [-0.2, 0) is 16.6 Å². The molecule has 0 aromatic heterocycles. The molecule has 0 aliphatic carbocycles. The number of aliphatic hydroxyl groups is 1. The maximum atomic E-state index is 11.9. The van der Waals surface area contributed by atoms with E-state index in [4.69, 9.17) is 5.11 Å². The van der Waals surface area contributed by atoms with Gasteiger partial charge in [-0.25, -0.2) is 13.1 Å². The molecule has 0 aliphatic heterocycles. The van der Waals surface area contributed by atoms with E-state index in [2.05, 4.69) is 16.6 Å². The van der Waals surface area contributed by atoms with E-state index in [9.17, 15) is 8.42 Å². The minimum absolute atomic E-state index is 0.194. The third-order valence-electron chi connectivity index (χ3n) is 2.51. The molecule has 2 N–H and O–H groups in total. The third kappa shape index (κ3) is 4.67. The average Bonchev–Trinajstić information content (AvgIpc) is 2.33. The van der Waals surface area contributed by atoms with Crippen molar-refractivity contribution in [3.8, 4) is 11.8 Å². The van der Waals surface area contributed by atoms with Crippen molar-refractivity contribution in [2.75, 3.05) is 6.61 Å². The molecule has 0 unspecified atom stereocenters. The summed E-state index contributed by atoms with van der Waals surface area (Å²) in [6.07, 6.45) is 0. The molecule has 0 saturated carbocycles. The summed E-state index contributed by atoms with van der Waals surface area (Å²) in [7, 11) is -3.35. The Labute approximate surface area is 114 Å². The Kier molecular flexibility index (Phi) is 5.12. The highest BCUT2D eigenvalue weighted by atomic mass is 32.2. The summed E-state index contributed by atoms with van der Waals surface area (Å²) >= 11 is 0. The molecule has 0 radical (unpaired) electrons. The van der Waals surface area contributed by atoms with Crippen molar-refractivity contribution in [1.82, 2.24) is 4.72 Å². The van der Waals surface area contributed by atoms with Crippen molar-refractivity contribution in [2.24, 2.45) is 0 Å². The predicted molar refractivity (Wildman–Crippen MR) is 75.9 cm³/mol. The fourth-order valence-electron chi connectivity index (χ4n) is 1.30. The summed E-state index contributed by atoms with van der Waals surface area (Å²) in [5.74, 6) is 5.34. The van der Waals surface area contributed by atoms with Crippen LogP contribution in [0.3, 0.4) is 0 Å². The van der Waals surface area contributed by atoms with Gasteiger partial charge in [-0.15, -0.1) is 0 Å². The first-order chi connectivity index (χ1) is 8.76. The van der Waals surface area contributed by atoms with Gasteiger partial charge in [-0.05, 0) is 38.5 Å². The highest BCUT2D eigenvalue weighted by Crippen LogP contribution is 2.14. The van der Waals surface area contributed by atoms with Gasteiger partial charge in [0.05, 0.1) is 4.75 Å². The molecule has 0 bridgehead atoms. The lowest BCUT2D eigenvalue weighted by molar-refractivity contribution is 0.350.